The third-order valence-electron chi connectivity index (χ3n) is 4.04. The second-order valence-electron chi connectivity index (χ2n) is 5.56. The molecule has 0 N–H and O–H groups in total. The highest BCUT2D eigenvalue weighted by molar-refractivity contribution is 7.81. The van der Waals surface area contributed by atoms with Crippen LogP contribution in [0.5, 0.6) is 0 Å². The summed E-state index contributed by atoms with van der Waals surface area (Å²) in [5, 5.41) is 0. The smallest absolute Gasteiger partial charge is 0.316 e. The maximum Gasteiger partial charge on any atom is 0.321 e. The first kappa shape index (κ1) is 14.3. The summed E-state index contributed by atoms with van der Waals surface area (Å²) in [6.45, 7) is 6.17. The topological polar surface area (TPSA) is 23.6 Å². The van der Waals surface area contributed by atoms with E-state index in [9.17, 15) is 4.79 Å². The van der Waals surface area contributed by atoms with Crippen molar-refractivity contribution >= 4 is 18.7 Å². The molecule has 0 aliphatic carbocycles. The minimum absolute atomic E-state index is 0.0634. The van der Waals surface area contributed by atoms with E-state index in [1.165, 1.54) is 5.56 Å². The van der Waals surface area contributed by atoms with Gasteiger partial charge in [-0.05, 0) is 26.3 Å². The van der Waals surface area contributed by atoms with Gasteiger partial charge in [-0.2, -0.15) is 0 Å². The average molecular weight is 278 g/mol. The van der Waals surface area contributed by atoms with Gasteiger partial charge in [0.1, 0.15) is 4.87 Å². The highest BCUT2D eigenvalue weighted by Crippen LogP contribution is 2.38. The van der Waals surface area contributed by atoms with E-state index in [0.717, 1.165) is 6.42 Å². The number of rotatable bonds is 3. The van der Waals surface area contributed by atoms with Crippen LogP contribution in [0.2, 0.25) is 0 Å². The fraction of sp³-hybridized carbons (Fsp3) is 0.533. The number of hydrogen-bond donors (Lipinski definition) is 1. The van der Waals surface area contributed by atoms with Crippen molar-refractivity contribution in [2.45, 2.75) is 44.1 Å². The molecule has 2 rings (SSSR count). The number of carbonyl (C=O) groups excluding carboxylic acids is 1. The van der Waals surface area contributed by atoms with E-state index in [-0.39, 0.29) is 18.1 Å². The van der Waals surface area contributed by atoms with Gasteiger partial charge in [0.25, 0.3) is 0 Å². The first-order valence-electron chi connectivity index (χ1n) is 6.70. The molecule has 2 atom stereocenters. The predicted octanol–water partition coefficient (Wildman–Crippen LogP) is 3.02. The Morgan fingerprint density at radius 2 is 1.89 bits per heavy atom. The normalized spacial score (nSPS) is 27.5. The molecular formula is C15H22N2OS. The van der Waals surface area contributed by atoms with Crippen molar-refractivity contribution in [2.75, 3.05) is 7.05 Å². The minimum atomic E-state index is -0.456. The van der Waals surface area contributed by atoms with Crippen molar-refractivity contribution in [2.24, 2.45) is 0 Å². The molecule has 1 fully saturated rings. The molecular weight excluding hydrogens is 256 g/mol. The van der Waals surface area contributed by atoms with Crippen LogP contribution in [0.1, 0.15) is 26.3 Å². The SMILES string of the molecule is CC(C)N1C(=O)N(C)C(S)(Cc2ccccc2)C1C. The summed E-state index contributed by atoms with van der Waals surface area (Å²) in [5.74, 6) is 0. The Balaban J connectivity index is 2.30. The van der Waals surface area contributed by atoms with Crippen LogP contribution in [-0.4, -0.2) is 39.8 Å². The van der Waals surface area contributed by atoms with Crippen molar-refractivity contribution in [1.29, 1.82) is 0 Å². The largest absolute Gasteiger partial charge is 0.321 e. The number of benzene rings is 1. The fourth-order valence-electron chi connectivity index (χ4n) is 2.84. The van der Waals surface area contributed by atoms with Crippen LogP contribution >= 0.6 is 12.6 Å². The third-order valence-corrected chi connectivity index (χ3v) is 4.87. The Morgan fingerprint density at radius 1 is 1.32 bits per heavy atom. The molecule has 0 saturated carbocycles. The third kappa shape index (κ3) is 2.34. The van der Waals surface area contributed by atoms with E-state index in [1.807, 2.05) is 44.0 Å². The van der Waals surface area contributed by atoms with Crippen LogP contribution in [0.4, 0.5) is 4.79 Å². The highest BCUT2D eigenvalue weighted by Gasteiger charge is 2.51. The number of likely N-dealkylation sites (N-methyl/N-ethyl adjacent to an activating group) is 1. The second kappa shape index (κ2) is 5.08. The van der Waals surface area contributed by atoms with Crippen LogP contribution in [-0.2, 0) is 6.42 Å². The van der Waals surface area contributed by atoms with Crippen molar-refractivity contribution in [3.8, 4) is 0 Å². The fourth-order valence-corrected chi connectivity index (χ4v) is 3.23. The summed E-state index contributed by atoms with van der Waals surface area (Å²) < 4.78 is 0. The molecule has 0 radical (unpaired) electrons. The van der Waals surface area contributed by atoms with Gasteiger partial charge in [-0.25, -0.2) is 4.79 Å². The number of hydrogen-bond acceptors (Lipinski definition) is 2. The minimum Gasteiger partial charge on any atom is -0.316 e. The zero-order valence-corrected chi connectivity index (χ0v) is 12.9. The van der Waals surface area contributed by atoms with Gasteiger partial charge < -0.3 is 9.80 Å². The van der Waals surface area contributed by atoms with E-state index >= 15 is 0 Å². The van der Waals surface area contributed by atoms with E-state index in [0.29, 0.717) is 0 Å². The van der Waals surface area contributed by atoms with Gasteiger partial charge in [0, 0.05) is 19.5 Å². The molecule has 19 heavy (non-hydrogen) atoms. The summed E-state index contributed by atoms with van der Waals surface area (Å²) in [6, 6.07) is 10.5. The van der Waals surface area contributed by atoms with E-state index in [4.69, 9.17) is 12.6 Å². The molecule has 3 nitrogen and oxygen atoms in total. The van der Waals surface area contributed by atoms with Crippen molar-refractivity contribution in [3.05, 3.63) is 35.9 Å². The average Bonchev–Trinajstić information content (AvgIpc) is 2.53. The molecule has 0 spiro atoms. The lowest BCUT2D eigenvalue weighted by atomic mass is 9.99. The van der Waals surface area contributed by atoms with Crippen LogP contribution in [0, 0.1) is 0 Å². The molecule has 1 aromatic rings. The van der Waals surface area contributed by atoms with Gasteiger partial charge in [-0.15, -0.1) is 12.6 Å². The number of thiol groups is 1. The lowest BCUT2D eigenvalue weighted by Crippen LogP contribution is -2.47. The summed E-state index contributed by atoms with van der Waals surface area (Å²) >= 11 is 4.86. The molecule has 1 heterocycles. The summed E-state index contributed by atoms with van der Waals surface area (Å²) in [6.07, 6.45) is 0.754. The van der Waals surface area contributed by atoms with Crippen LogP contribution < -0.4 is 0 Å². The number of urea groups is 1. The molecule has 1 aliphatic heterocycles. The predicted molar refractivity (Wildman–Crippen MR) is 81.5 cm³/mol. The van der Waals surface area contributed by atoms with Crippen molar-refractivity contribution < 1.29 is 4.79 Å². The van der Waals surface area contributed by atoms with Gasteiger partial charge in [0.05, 0.1) is 6.04 Å². The molecule has 104 valence electrons. The zero-order valence-electron chi connectivity index (χ0n) is 12.0. The van der Waals surface area contributed by atoms with Gasteiger partial charge in [0.15, 0.2) is 0 Å². The van der Waals surface area contributed by atoms with Crippen molar-refractivity contribution in [1.82, 2.24) is 9.80 Å². The molecule has 2 unspecified atom stereocenters. The first-order valence-corrected chi connectivity index (χ1v) is 7.15. The Hall–Kier alpha value is -1.16. The monoisotopic (exact) mass is 278 g/mol. The summed E-state index contributed by atoms with van der Waals surface area (Å²) in [5.41, 5.74) is 1.20. The number of nitrogens with zero attached hydrogens (tertiary/aromatic N) is 2. The lowest BCUT2D eigenvalue weighted by molar-refractivity contribution is 0.179. The maximum absolute atomic E-state index is 12.4. The zero-order chi connectivity index (χ0) is 14.2. The van der Waals surface area contributed by atoms with Crippen LogP contribution in [0.3, 0.4) is 0 Å². The highest BCUT2D eigenvalue weighted by atomic mass is 32.1. The van der Waals surface area contributed by atoms with Gasteiger partial charge in [0.2, 0.25) is 0 Å². The van der Waals surface area contributed by atoms with Crippen LogP contribution in [0.15, 0.2) is 30.3 Å². The molecule has 0 bridgehead atoms. The standard InChI is InChI=1S/C15H22N2OS/c1-11(2)17-12(3)15(19,16(4)14(17)18)10-13-8-6-5-7-9-13/h5-9,11-12,19H,10H2,1-4H3. The Morgan fingerprint density at radius 3 is 2.37 bits per heavy atom. The van der Waals surface area contributed by atoms with E-state index < -0.39 is 4.87 Å². The number of amides is 2. The molecule has 1 aromatic carbocycles. The maximum atomic E-state index is 12.4. The summed E-state index contributed by atoms with van der Waals surface area (Å²) in [7, 11) is 1.84. The molecule has 1 saturated heterocycles. The van der Waals surface area contributed by atoms with Crippen molar-refractivity contribution in [3.63, 3.8) is 0 Å². The molecule has 4 heteroatoms. The second-order valence-corrected chi connectivity index (χ2v) is 6.33. The number of carbonyl (C=O) groups is 1. The molecule has 0 aromatic heterocycles. The quantitative estimate of drug-likeness (QED) is 0.844. The van der Waals surface area contributed by atoms with Gasteiger partial charge in [-0.1, -0.05) is 30.3 Å². The summed E-state index contributed by atoms with van der Waals surface area (Å²) in [4.78, 5) is 15.6. The van der Waals surface area contributed by atoms with E-state index in [1.54, 1.807) is 4.90 Å². The van der Waals surface area contributed by atoms with Gasteiger partial charge in [-0.3, -0.25) is 0 Å². The van der Waals surface area contributed by atoms with E-state index in [2.05, 4.69) is 19.1 Å². The Kier molecular flexibility index (Phi) is 3.81. The van der Waals surface area contributed by atoms with Crippen LogP contribution in [0.25, 0.3) is 0 Å². The Bertz CT molecular complexity index is 462. The van der Waals surface area contributed by atoms with Gasteiger partial charge >= 0.3 is 6.03 Å². The lowest BCUT2D eigenvalue weighted by Gasteiger charge is -2.35. The Labute approximate surface area is 121 Å². The molecule has 1 aliphatic rings. The first-order chi connectivity index (χ1) is 8.88. The molecule has 2 amide bonds.